The molecular weight excluding hydrogens is 400 g/mol. The van der Waals surface area contributed by atoms with E-state index < -0.39 is 0 Å². The van der Waals surface area contributed by atoms with Gasteiger partial charge in [-0.25, -0.2) is 0 Å². The Labute approximate surface area is 147 Å². The Bertz CT molecular complexity index is 872. The summed E-state index contributed by atoms with van der Waals surface area (Å²) in [7, 11) is 0. The van der Waals surface area contributed by atoms with Gasteiger partial charge in [0.25, 0.3) is 0 Å². The van der Waals surface area contributed by atoms with Crippen molar-refractivity contribution in [1.82, 2.24) is 0 Å². The van der Waals surface area contributed by atoms with Crippen LogP contribution in [-0.2, 0) is 0 Å². The van der Waals surface area contributed by atoms with Crippen molar-refractivity contribution >= 4 is 48.7 Å². The summed E-state index contributed by atoms with van der Waals surface area (Å²) in [5.74, 6) is 0.222. The largest absolute Gasteiger partial charge is 0.110 e. The molecule has 0 N–H and O–H groups in total. The Morgan fingerprint density at radius 3 is 2.32 bits per heavy atom. The molecule has 0 amide bonds. The van der Waals surface area contributed by atoms with Gasteiger partial charge in [-0.3, -0.25) is 0 Å². The van der Waals surface area contributed by atoms with Gasteiger partial charge in [-0.1, -0.05) is 111 Å². The molecule has 3 aromatic carbocycles. The second-order valence-corrected chi connectivity index (χ2v) is 9.33. The van der Waals surface area contributed by atoms with Crippen molar-refractivity contribution in [3.63, 3.8) is 0 Å². The Balaban J connectivity index is 2.02. The first-order valence-corrected chi connectivity index (χ1v) is 8.89. The van der Waals surface area contributed by atoms with E-state index in [4.69, 9.17) is 0 Å². The first kappa shape index (κ1) is 14.2. The minimum absolute atomic E-state index is 0.222. The molecule has 1 aliphatic carbocycles. The van der Waals surface area contributed by atoms with Crippen LogP contribution in [0.5, 0.6) is 0 Å². The van der Waals surface area contributed by atoms with Crippen molar-refractivity contribution in [3.05, 3.63) is 89.5 Å². The van der Waals surface area contributed by atoms with E-state index in [1.807, 2.05) is 0 Å². The van der Waals surface area contributed by atoms with Gasteiger partial charge in [0.1, 0.15) is 3.23 Å². The quantitative estimate of drug-likeness (QED) is 0.400. The Hall–Kier alpha value is -1.38. The summed E-state index contributed by atoms with van der Waals surface area (Å²) in [4.78, 5) is 0. The molecule has 0 fully saturated rings. The maximum atomic E-state index is 3.88. The topological polar surface area (TPSA) is 0 Å². The van der Waals surface area contributed by atoms with Gasteiger partial charge in [0, 0.05) is 5.92 Å². The Kier molecular flexibility index (Phi) is 3.47. The van der Waals surface area contributed by atoms with Crippen LogP contribution < -0.4 is 0 Å². The van der Waals surface area contributed by atoms with Crippen LogP contribution in [0.25, 0.3) is 16.8 Å². The highest BCUT2D eigenvalue weighted by atomic mass is 79.9. The molecule has 0 aliphatic heterocycles. The first-order valence-electron chi connectivity index (χ1n) is 7.30. The molecule has 0 nitrogen and oxygen atoms in total. The van der Waals surface area contributed by atoms with Crippen molar-refractivity contribution in [3.8, 4) is 0 Å². The fraction of sp³-hybridized carbons (Fsp3) is 0.100. The Morgan fingerprint density at radius 1 is 0.727 bits per heavy atom. The summed E-state index contributed by atoms with van der Waals surface area (Å²) >= 11 is 7.76. The molecule has 0 bridgehead atoms. The van der Waals surface area contributed by atoms with Crippen LogP contribution in [0, 0.1) is 0 Å². The summed E-state index contributed by atoms with van der Waals surface area (Å²) in [5.41, 5.74) is 3.97. The third-order valence-electron chi connectivity index (χ3n) is 4.31. The van der Waals surface area contributed by atoms with Gasteiger partial charge in [0.05, 0.1) is 0 Å². The van der Waals surface area contributed by atoms with Gasteiger partial charge in [-0.15, -0.1) is 0 Å². The molecule has 0 aromatic heterocycles. The molecule has 0 saturated carbocycles. The zero-order chi connectivity index (χ0) is 15.2. The highest BCUT2D eigenvalue weighted by Crippen LogP contribution is 2.51. The van der Waals surface area contributed by atoms with Gasteiger partial charge >= 0.3 is 0 Å². The van der Waals surface area contributed by atoms with Crippen LogP contribution >= 0.6 is 31.9 Å². The van der Waals surface area contributed by atoms with Crippen LogP contribution in [0.15, 0.2) is 72.8 Å². The summed E-state index contributed by atoms with van der Waals surface area (Å²) in [5, 5.41) is 2.59. The standard InChI is InChI=1S/C20H14Br2/c21-20(22)13-12-15-7-2-4-10-17(15)19(20)18-11-5-8-14-6-1-3-9-16(14)18/h1-13,19H. The van der Waals surface area contributed by atoms with Crippen molar-refractivity contribution < 1.29 is 0 Å². The number of rotatable bonds is 1. The lowest BCUT2D eigenvalue weighted by Crippen LogP contribution is -2.25. The molecule has 0 saturated heterocycles. The van der Waals surface area contributed by atoms with Crippen LogP contribution in [-0.4, -0.2) is 3.23 Å². The van der Waals surface area contributed by atoms with Crippen molar-refractivity contribution in [2.75, 3.05) is 0 Å². The maximum Gasteiger partial charge on any atom is 0.110 e. The van der Waals surface area contributed by atoms with Gasteiger partial charge < -0.3 is 0 Å². The van der Waals surface area contributed by atoms with Crippen LogP contribution in [0.2, 0.25) is 0 Å². The molecule has 1 aliphatic rings. The van der Waals surface area contributed by atoms with Crippen LogP contribution in [0.4, 0.5) is 0 Å². The molecule has 0 heterocycles. The minimum atomic E-state index is -0.265. The number of allylic oxidation sites excluding steroid dienone is 1. The predicted octanol–water partition coefficient (Wildman–Crippen LogP) is 6.48. The number of alkyl halides is 2. The second-order valence-electron chi connectivity index (χ2n) is 5.64. The van der Waals surface area contributed by atoms with Crippen LogP contribution in [0.3, 0.4) is 0 Å². The molecule has 0 radical (unpaired) electrons. The molecule has 3 aromatic rings. The first-order chi connectivity index (χ1) is 10.7. The maximum absolute atomic E-state index is 3.88. The number of hydrogen-bond donors (Lipinski definition) is 0. The minimum Gasteiger partial charge on any atom is -0.0670 e. The van der Waals surface area contributed by atoms with E-state index in [1.165, 1.54) is 27.5 Å². The van der Waals surface area contributed by atoms with Gasteiger partial charge in [-0.2, -0.15) is 0 Å². The summed E-state index contributed by atoms with van der Waals surface area (Å²) in [6.07, 6.45) is 4.38. The van der Waals surface area contributed by atoms with Crippen LogP contribution in [0.1, 0.15) is 22.6 Å². The van der Waals surface area contributed by atoms with Crippen molar-refractivity contribution in [2.24, 2.45) is 0 Å². The summed E-state index contributed by atoms with van der Waals surface area (Å²) < 4.78 is -0.265. The molecule has 108 valence electrons. The van der Waals surface area contributed by atoms with Gasteiger partial charge in [0.2, 0.25) is 0 Å². The van der Waals surface area contributed by atoms with Gasteiger partial charge in [-0.05, 0) is 27.5 Å². The average molecular weight is 414 g/mol. The van der Waals surface area contributed by atoms with Gasteiger partial charge in [0.15, 0.2) is 0 Å². The van der Waals surface area contributed by atoms with Crippen molar-refractivity contribution in [1.29, 1.82) is 0 Å². The third kappa shape index (κ3) is 2.26. The van der Waals surface area contributed by atoms with E-state index >= 15 is 0 Å². The molecular formula is C20H14Br2. The lowest BCUT2D eigenvalue weighted by atomic mass is 9.80. The number of hydrogen-bond acceptors (Lipinski definition) is 0. The predicted molar refractivity (Wildman–Crippen MR) is 102 cm³/mol. The van der Waals surface area contributed by atoms with E-state index in [2.05, 4.69) is 111 Å². The Morgan fingerprint density at radius 2 is 1.41 bits per heavy atom. The molecule has 4 rings (SSSR count). The fourth-order valence-corrected chi connectivity index (χ4v) is 4.56. The fourth-order valence-electron chi connectivity index (χ4n) is 3.31. The highest BCUT2D eigenvalue weighted by Gasteiger charge is 2.37. The lowest BCUT2D eigenvalue weighted by Gasteiger charge is -2.34. The smallest absolute Gasteiger partial charge is 0.0670 e. The van der Waals surface area contributed by atoms with E-state index in [9.17, 15) is 0 Å². The monoisotopic (exact) mass is 412 g/mol. The third-order valence-corrected chi connectivity index (χ3v) is 5.76. The second kappa shape index (κ2) is 5.36. The van der Waals surface area contributed by atoms with E-state index in [1.54, 1.807) is 0 Å². The lowest BCUT2D eigenvalue weighted by molar-refractivity contribution is 0.822. The normalized spacial score (nSPS) is 19.1. The molecule has 2 heteroatoms. The zero-order valence-corrected chi connectivity index (χ0v) is 15.0. The van der Waals surface area contributed by atoms with E-state index in [0.717, 1.165) is 0 Å². The van der Waals surface area contributed by atoms with Crippen molar-refractivity contribution in [2.45, 2.75) is 9.15 Å². The molecule has 0 spiro atoms. The van der Waals surface area contributed by atoms with E-state index in [-0.39, 0.29) is 9.15 Å². The molecule has 22 heavy (non-hydrogen) atoms. The summed E-state index contributed by atoms with van der Waals surface area (Å²) in [6.45, 7) is 0. The molecule has 1 atom stereocenters. The number of halogens is 2. The molecule has 1 unspecified atom stereocenters. The number of benzene rings is 3. The highest BCUT2D eigenvalue weighted by molar-refractivity contribution is 9.25. The van der Waals surface area contributed by atoms with E-state index in [0.29, 0.717) is 0 Å². The average Bonchev–Trinajstić information content (AvgIpc) is 2.54. The summed E-state index contributed by atoms with van der Waals surface area (Å²) in [6, 6.07) is 23.8. The zero-order valence-electron chi connectivity index (χ0n) is 11.8. The SMILES string of the molecule is BrC1(Br)C=Cc2ccccc2C1c1cccc2ccccc12. The number of fused-ring (bicyclic) bond motifs is 2.